The van der Waals surface area contributed by atoms with Crippen LogP contribution in [0.2, 0.25) is 0 Å². The van der Waals surface area contributed by atoms with Gasteiger partial charge in [0.25, 0.3) is 0 Å². The Hall–Kier alpha value is -2.84. The van der Waals surface area contributed by atoms with Crippen molar-refractivity contribution in [2.45, 2.75) is 80.3 Å². The number of halogens is 2. The first kappa shape index (κ1) is 32.2. The maximum Gasteiger partial charge on any atom is 0.344 e. The number of hydrogen-bond acceptors (Lipinski definition) is 5. The molecule has 9 heteroatoms. The summed E-state index contributed by atoms with van der Waals surface area (Å²) in [6, 6.07) is 4.13. The van der Waals surface area contributed by atoms with Crippen LogP contribution in [0, 0.1) is 22.7 Å². The van der Waals surface area contributed by atoms with Crippen LogP contribution < -0.4 is 0 Å². The molecule has 6 nitrogen and oxygen atoms in total. The van der Waals surface area contributed by atoms with Gasteiger partial charge in [0.05, 0.1) is 0 Å². The van der Waals surface area contributed by atoms with Gasteiger partial charge >= 0.3 is 11.9 Å². The molecule has 0 bridgehead atoms. The number of rotatable bonds is 1. The predicted octanol–water partition coefficient (Wildman–Crippen LogP) is 6.41. The molecular formula is C26H36BF2N2O4. The lowest BCUT2D eigenvalue weighted by Crippen LogP contribution is -2.28. The third-order valence-corrected chi connectivity index (χ3v) is 5.76. The predicted molar refractivity (Wildman–Crippen MR) is 132 cm³/mol. The third kappa shape index (κ3) is 8.71. The minimum absolute atomic E-state index is 0. The van der Waals surface area contributed by atoms with Crippen molar-refractivity contribution in [3.05, 3.63) is 59.2 Å². The number of ether oxygens (including phenoxy) is 1. The molecule has 0 amide bonds. The van der Waals surface area contributed by atoms with Crippen molar-refractivity contribution < 1.29 is 28.2 Å². The Morgan fingerprint density at radius 2 is 1.51 bits per heavy atom. The van der Waals surface area contributed by atoms with Crippen LogP contribution in [0.1, 0.15) is 101 Å². The highest BCUT2D eigenvalue weighted by atomic mass is 19.1. The van der Waals surface area contributed by atoms with Crippen LogP contribution in [-0.2, 0) is 10.3 Å². The number of carboxylic acid groups (broad SMARTS) is 1. The van der Waals surface area contributed by atoms with Crippen molar-refractivity contribution >= 4 is 20.4 Å². The molecule has 2 aromatic heterocycles. The van der Waals surface area contributed by atoms with Gasteiger partial charge in [0, 0.05) is 26.4 Å². The van der Waals surface area contributed by atoms with Crippen LogP contribution in [0.25, 0.3) is 0 Å². The molecule has 0 saturated heterocycles. The molecule has 1 N–H and O–H groups in total. The summed E-state index contributed by atoms with van der Waals surface area (Å²) in [6.07, 6.45) is 8.21. The molecule has 0 atom stereocenters. The number of fused-ring (bicyclic) bond motifs is 1. The average Bonchev–Trinajstić information content (AvgIpc) is 2.90. The smallest absolute Gasteiger partial charge is 0.344 e. The van der Waals surface area contributed by atoms with Gasteiger partial charge in [-0.15, -0.1) is 0 Å². The van der Waals surface area contributed by atoms with E-state index in [4.69, 9.17) is 9.84 Å². The van der Waals surface area contributed by atoms with E-state index in [2.05, 4.69) is 37.7 Å². The van der Waals surface area contributed by atoms with E-state index < -0.39 is 35.0 Å². The van der Waals surface area contributed by atoms with Crippen molar-refractivity contribution in [2.75, 3.05) is 0 Å². The molecule has 1 fully saturated rings. The number of aromatic nitrogens is 2. The van der Waals surface area contributed by atoms with Crippen molar-refractivity contribution in [3.63, 3.8) is 0 Å². The Labute approximate surface area is 209 Å². The van der Waals surface area contributed by atoms with Crippen molar-refractivity contribution in [2.24, 2.45) is 10.8 Å². The highest BCUT2D eigenvalue weighted by Gasteiger charge is 2.40. The Morgan fingerprint density at radius 1 is 0.971 bits per heavy atom. The minimum atomic E-state index is -1.30. The van der Waals surface area contributed by atoms with Gasteiger partial charge in [-0.05, 0) is 62.1 Å². The molecule has 1 saturated carbocycles. The van der Waals surface area contributed by atoms with Gasteiger partial charge < -0.3 is 9.84 Å². The van der Waals surface area contributed by atoms with Gasteiger partial charge in [-0.3, -0.25) is 0 Å². The zero-order valence-corrected chi connectivity index (χ0v) is 20.6. The number of carboxylic acids is 1. The summed E-state index contributed by atoms with van der Waals surface area (Å²) in [5.74, 6) is -3.64. The van der Waals surface area contributed by atoms with E-state index in [-0.39, 0.29) is 21.4 Å². The molecule has 4 rings (SSSR count). The Balaban J connectivity index is 0.000000488. The zero-order valence-electron chi connectivity index (χ0n) is 20.6. The fourth-order valence-electron chi connectivity index (χ4n) is 4.53. The number of carbonyl (C=O) groups excluding carboxylic acids is 1. The van der Waals surface area contributed by atoms with Gasteiger partial charge in [-0.1, -0.05) is 41.5 Å². The first-order valence-electron chi connectivity index (χ1n) is 10.9. The molecule has 0 unspecified atom stereocenters. The van der Waals surface area contributed by atoms with Crippen molar-refractivity contribution in [3.8, 4) is 0 Å². The molecule has 3 radical (unpaired) electrons. The fourth-order valence-corrected chi connectivity index (χ4v) is 4.53. The fraction of sp³-hybridized carbons (Fsp3) is 0.538. The largest absolute Gasteiger partial charge is 0.478 e. The summed E-state index contributed by atoms with van der Waals surface area (Å²) in [7, 11) is 0. The van der Waals surface area contributed by atoms with E-state index in [1.54, 1.807) is 19.9 Å². The highest BCUT2D eigenvalue weighted by Crippen LogP contribution is 2.45. The first-order chi connectivity index (χ1) is 15.2. The number of cyclic esters (lactones) is 1. The van der Waals surface area contributed by atoms with E-state index in [1.165, 1.54) is 44.1 Å². The van der Waals surface area contributed by atoms with Crippen LogP contribution in [0.4, 0.5) is 8.78 Å². The molecule has 1 aliphatic heterocycles. The molecule has 0 spiro atoms. The van der Waals surface area contributed by atoms with Gasteiger partial charge in [0.15, 0.2) is 0 Å². The number of carbonyl (C=O) groups is 2. The molecule has 35 heavy (non-hydrogen) atoms. The summed E-state index contributed by atoms with van der Waals surface area (Å²) in [5, 5.41) is 8.29. The second-order valence-electron chi connectivity index (χ2n) is 10.4. The number of esters is 1. The summed E-state index contributed by atoms with van der Waals surface area (Å²) < 4.78 is 30.4. The SMILES string of the molecule is C.CC1(C)CCCC(C)(C)C1.CC1(C)OC(=O)c2c1ccnc2F.O=C(O)c1cccnc1F.[B]. The summed E-state index contributed by atoms with van der Waals surface area (Å²) in [6.45, 7) is 13.0. The molecule has 2 aliphatic rings. The van der Waals surface area contributed by atoms with E-state index in [0.717, 1.165) is 6.07 Å². The zero-order chi connectivity index (χ0) is 25.0. The standard InChI is InChI=1S/C10H20.C9H8FNO2.C6H4FNO2.CH4.B/c1-9(2)6-5-7-10(3,4)8-9;1-9(2)5-3-4-11-7(10)6(5)8(12)13-9;7-5-4(6(9)10)2-1-3-8-5;;/h5-8H2,1-4H3;3-4H,1-2H3;1-3H,(H,9,10);1H4;. The topological polar surface area (TPSA) is 89.4 Å². The maximum atomic E-state index is 13.1. The maximum absolute atomic E-state index is 13.1. The van der Waals surface area contributed by atoms with E-state index in [0.29, 0.717) is 16.4 Å². The third-order valence-electron chi connectivity index (χ3n) is 5.76. The van der Waals surface area contributed by atoms with Crippen LogP contribution in [0.15, 0.2) is 30.6 Å². The minimum Gasteiger partial charge on any atom is -0.478 e. The lowest BCUT2D eigenvalue weighted by Gasteiger charge is -2.40. The second kappa shape index (κ2) is 12.2. The monoisotopic (exact) mass is 489 g/mol. The summed E-state index contributed by atoms with van der Waals surface area (Å²) in [5.41, 5.74) is 0.611. The van der Waals surface area contributed by atoms with E-state index >= 15 is 0 Å². The Morgan fingerprint density at radius 3 is 1.91 bits per heavy atom. The van der Waals surface area contributed by atoms with Crippen LogP contribution in [-0.4, -0.2) is 35.4 Å². The van der Waals surface area contributed by atoms with Gasteiger partial charge in [0.2, 0.25) is 11.9 Å². The van der Waals surface area contributed by atoms with Crippen LogP contribution in [0.3, 0.4) is 0 Å². The van der Waals surface area contributed by atoms with Gasteiger partial charge in [0.1, 0.15) is 16.7 Å². The molecule has 3 heterocycles. The molecule has 0 aromatic carbocycles. The number of hydrogen-bond donors (Lipinski definition) is 1. The number of nitrogens with zero attached hydrogens (tertiary/aromatic N) is 2. The van der Waals surface area contributed by atoms with Crippen molar-refractivity contribution in [1.29, 1.82) is 0 Å². The average molecular weight is 489 g/mol. The molecule has 191 valence electrons. The molecule has 2 aromatic rings. The van der Waals surface area contributed by atoms with Crippen LogP contribution >= 0.6 is 0 Å². The molecule has 1 aliphatic carbocycles. The lowest BCUT2D eigenvalue weighted by molar-refractivity contribution is 0.00937. The Bertz CT molecular complexity index is 1010. The summed E-state index contributed by atoms with van der Waals surface area (Å²) >= 11 is 0. The summed E-state index contributed by atoms with van der Waals surface area (Å²) in [4.78, 5) is 27.9. The van der Waals surface area contributed by atoms with E-state index in [1.807, 2.05) is 0 Å². The quantitative estimate of drug-likeness (QED) is 0.283. The number of pyridine rings is 2. The van der Waals surface area contributed by atoms with Crippen LogP contribution in [0.5, 0.6) is 0 Å². The van der Waals surface area contributed by atoms with Gasteiger partial charge in [-0.25, -0.2) is 19.6 Å². The van der Waals surface area contributed by atoms with E-state index in [9.17, 15) is 18.4 Å². The highest BCUT2D eigenvalue weighted by molar-refractivity contribution is 5.94. The molecular weight excluding hydrogens is 453 g/mol. The normalized spacial score (nSPS) is 18.0. The lowest BCUT2D eigenvalue weighted by atomic mass is 9.65. The second-order valence-corrected chi connectivity index (χ2v) is 10.4. The van der Waals surface area contributed by atoms with Gasteiger partial charge in [-0.2, -0.15) is 8.78 Å². The first-order valence-corrected chi connectivity index (χ1v) is 10.9. The number of aromatic carboxylic acids is 1. The van der Waals surface area contributed by atoms with Crippen molar-refractivity contribution in [1.82, 2.24) is 9.97 Å². The Kier molecular flexibility index (Phi) is 11.2.